The molecule has 150 valence electrons. The largest absolute Gasteiger partial charge is 0.273 e. The third-order valence-electron chi connectivity index (χ3n) is 5.40. The van der Waals surface area contributed by atoms with Gasteiger partial charge in [-0.1, -0.05) is 41.9 Å². The number of amides is 2. The Morgan fingerprint density at radius 3 is 2.27 bits per heavy atom. The van der Waals surface area contributed by atoms with Crippen LogP contribution in [0.2, 0.25) is 5.02 Å². The van der Waals surface area contributed by atoms with E-state index in [-0.39, 0.29) is 5.91 Å². The van der Waals surface area contributed by atoms with E-state index in [1.54, 1.807) is 23.3 Å². The number of rotatable bonds is 3. The average molecular weight is 423 g/mol. The molecule has 0 aliphatic carbocycles. The molecule has 2 aliphatic rings. The number of fused-ring (bicyclic) bond motifs is 1. The number of hydroxylamine groups is 1. The molecule has 7 heteroatoms. The molecule has 3 aromatic carbocycles. The first-order valence-corrected chi connectivity index (χ1v) is 9.82. The number of anilines is 2. The smallest absolute Gasteiger partial charge is 0.266 e. The van der Waals surface area contributed by atoms with E-state index in [2.05, 4.69) is 0 Å². The van der Waals surface area contributed by atoms with Gasteiger partial charge in [0.2, 0.25) is 5.91 Å². The first kappa shape index (κ1) is 18.8. The van der Waals surface area contributed by atoms with Crippen LogP contribution in [0, 0.1) is 11.7 Å². The van der Waals surface area contributed by atoms with Crippen LogP contribution in [0.3, 0.4) is 0 Å². The fraction of sp³-hybridized carbons (Fsp3) is 0.130. The van der Waals surface area contributed by atoms with Gasteiger partial charge in [0.25, 0.3) is 5.91 Å². The van der Waals surface area contributed by atoms with E-state index in [1.165, 1.54) is 24.3 Å². The molecule has 0 saturated carbocycles. The lowest BCUT2D eigenvalue weighted by Gasteiger charge is -2.28. The van der Waals surface area contributed by atoms with Crippen LogP contribution in [0.1, 0.15) is 11.6 Å². The second-order valence-electron chi connectivity index (χ2n) is 7.20. The van der Waals surface area contributed by atoms with E-state index in [9.17, 15) is 14.0 Å². The Morgan fingerprint density at radius 2 is 1.57 bits per heavy atom. The normalized spacial score (nSPS) is 23.2. The van der Waals surface area contributed by atoms with Crippen molar-refractivity contribution in [2.75, 3.05) is 9.96 Å². The van der Waals surface area contributed by atoms with Crippen molar-refractivity contribution in [1.82, 2.24) is 0 Å². The maximum atomic E-state index is 13.4. The molecule has 2 saturated heterocycles. The molecular formula is C23H16ClFN2O3. The number of para-hydroxylation sites is 1. The Morgan fingerprint density at radius 1 is 0.833 bits per heavy atom. The van der Waals surface area contributed by atoms with Gasteiger partial charge in [-0.2, -0.15) is 0 Å². The molecule has 0 unspecified atom stereocenters. The number of carbonyl (C=O) groups excluding carboxylic acids is 2. The summed E-state index contributed by atoms with van der Waals surface area (Å²) in [4.78, 5) is 33.7. The number of hydrogen-bond acceptors (Lipinski definition) is 4. The number of halogens is 2. The van der Waals surface area contributed by atoms with Gasteiger partial charge in [0.1, 0.15) is 11.7 Å². The van der Waals surface area contributed by atoms with Crippen LogP contribution in [-0.2, 0) is 14.4 Å². The summed E-state index contributed by atoms with van der Waals surface area (Å²) in [7, 11) is 0. The molecule has 2 heterocycles. The molecule has 0 radical (unpaired) electrons. The van der Waals surface area contributed by atoms with Crippen molar-refractivity contribution >= 4 is 34.8 Å². The highest BCUT2D eigenvalue weighted by atomic mass is 35.5. The fourth-order valence-corrected chi connectivity index (χ4v) is 4.29. The predicted molar refractivity (Wildman–Crippen MR) is 110 cm³/mol. The summed E-state index contributed by atoms with van der Waals surface area (Å²) >= 11 is 6.21. The lowest BCUT2D eigenvalue weighted by Crippen LogP contribution is -2.37. The molecule has 5 nitrogen and oxygen atoms in total. The zero-order valence-corrected chi connectivity index (χ0v) is 16.4. The van der Waals surface area contributed by atoms with E-state index >= 15 is 0 Å². The van der Waals surface area contributed by atoms with E-state index in [0.29, 0.717) is 10.7 Å². The Kier molecular flexibility index (Phi) is 4.53. The van der Waals surface area contributed by atoms with Crippen LogP contribution in [0.15, 0.2) is 78.9 Å². The van der Waals surface area contributed by atoms with Crippen LogP contribution in [0.25, 0.3) is 0 Å². The minimum atomic E-state index is -0.980. The fourth-order valence-electron chi connectivity index (χ4n) is 4.09. The van der Waals surface area contributed by atoms with Gasteiger partial charge in [0, 0.05) is 5.02 Å². The lowest BCUT2D eigenvalue weighted by atomic mass is 9.90. The Labute approximate surface area is 177 Å². The van der Waals surface area contributed by atoms with Gasteiger partial charge >= 0.3 is 0 Å². The van der Waals surface area contributed by atoms with Gasteiger partial charge in [-0.3, -0.25) is 14.4 Å². The summed E-state index contributed by atoms with van der Waals surface area (Å²) in [6.07, 6.45) is -0.980. The summed E-state index contributed by atoms with van der Waals surface area (Å²) in [5, 5.41) is 2.13. The van der Waals surface area contributed by atoms with Gasteiger partial charge < -0.3 is 0 Å². The summed E-state index contributed by atoms with van der Waals surface area (Å²) in [5.74, 6) is -2.07. The van der Waals surface area contributed by atoms with Crippen LogP contribution >= 0.6 is 11.6 Å². The Balaban J connectivity index is 1.59. The van der Waals surface area contributed by atoms with Gasteiger partial charge in [0.05, 0.1) is 17.4 Å². The van der Waals surface area contributed by atoms with Crippen molar-refractivity contribution < 1.29 is 18.8 Å². The standard InChI is InChI=1S/C23H16ClFN2O3/c24-15-6-4-5-14(13-15)20-19-21(30-27(20)18-7-2-1-3-8-18)23(29)26(22(19)28)17-11-9-16(25)10-12-17/h1-13,19-21H/t19-,20+,21+/m0/s1. The van der Waals surface area contributed by atoms with Gasteiger partial charge in [-0.05, 0) is 54.1 Å². The molecule has 2 aliphatic heterocycles. The highest BCUT2D eigenvalue weighted by molar-refractivity contribution is 6.30. The number of carbonyl (C=O) groups is 2. The minimum absolute atomic E-state index is 0.320. The number of imide groups is 1. The third kappa shape index (κ3) is 2.96. The number of benzene rings is 3. The topological polar surface area (TPSA) is 49.9 Å². The molecule has 30 heavy (non-hydrogen) atoms. The van der Waals surface area contributed by atoms with Crippen molar-refractivity contribution in [3.8, 4) is 0 Å². The first-order valence-electron chi connectivity index (χ1n) is 9.44. The predicted octanol–water partition coefficient (Wildman–Crippen LogP) is 4.53. The van der Waals surface area contributed by atoms with Crippen molar-refractivity contribution in [3.63, 3.8) is 0 Å². The van der Waals surface area contributed by atoms with E-state index in [0.717, 1.165) is 16.2 Å². The minimum Gasteiger partial charge on any atom is -0.273 e. The molecule has 2 fully saturated rings. The van der Waals surface area contributed by atoms with E-state index < -0.39 is 29.8 Å². The zero-order valence-electron chi connectivity index (χ0n) is 15.6. The van der Waals surface area contributed by atoms with Crippen LogP contribution in [0.5, 0.6) is 0 Å². The Bertz CT molecular complexity index is 1120. The summed E-state index contributed by atoms with van der Waals surface area (Å²) in [5.41, 5.74) is 1.81. The monoisotopic (exact) mass is 422 g/mol. The van der Waals surface area contributed by atoms with E-state index in [4.69, 9.17) is 16.4 Å². The number of nitrogens with zero attached hydrogens (tertiary/aromatic N) is 2. The summed E-state index contributed by atoms with van der Waals surface area (Å²) < 4.78 is 13.3. The highest BCUT2D eigenvalue weighted by Crippen LogP contribution is 2.47. The molecule has 3 aromatic rings. The van der Waals surface area contributed by atoms with Crippen molar-refractivity contribution in [3.05, 3.63) is 95.3 Å². The average Bonchev–Trinajstić information content (AvgIpc) is 3.26. The third-order valence-corrected chi connectivity index (χ3v) is 5.64. The molecular weight excluding hydrogens is 407 g/mol. The molecule has 0 N–H and O–H groups in total. The molecule has 3 atom stereocenters. The lowest BCUT2D eigenvalue weighted by molar-refractivity contribution is -0.126. The molecule has 2 amide bonds. The molecule has 5 rings (SSSR count). The second-order valence-corrected chi connectivity index (χ2v) is 7.64. The number of hydrogen-bond donors (Lipinski definition) is 0. The van der Waals surface area contributed by atoms with Crippen LogP contribution in [-0.4, -0.2) is 17.9 Å². The maximum Gasteiger partial charge on any atom is 0.266 e. The van der Waals surface area contributed by atoms with Gasteiger partial charge in [0.15, 0.2) is 6.10 Å². The van der Waals surface area contributed by atoms with Crippen molar-refractivity contribution in [1.29, 1.82) is 0 Å². The van der Waals surface area contributed by atoms with Gasteiger partial charge in [-0.15, -0.1) is 0 Å². The zero-order chi connectivity index (χ0) is 20.8. The van der Waals surface area contributed by atoms with Crippen LogP contribution < -0.4 is 9.96 Å². The Hall–Kier alpha value is -3.22. The van der Waals surface area contributed by atoms with Crippen molar-refractivity contribution in [2.45, 2.75) is 12.1 Å². The summed E-state index contributed by atoms with van der Waals surface area (Å²) in [6.45, 7) is 0. The molecule has 0 spiro atoms. The molecule has 0 aromatic heterocycles. The van der Waals surface area contributed by atoms with E-state index in [1.807, 2.05) is 36.4 Å². The first-order chi connectivity index (χ1) is 14.5. The quantitative estimate of drug-likeness (QED) is 0.582. The van der Waals surface area contributed by atoms with Crippen LogP contribution in [0.4, 0.5) is 15.8 Å². The molecule has 0 bridgehead atoms. The maximum absolute atomic E-state index is 13.4. The summed E-state index contributed by atoms with van der Waals surface area (Å²) in [6, 6.07) is 21.2. The SMILES string of the molecule is O=C1[C@H]2[C@@H](c3cccc(Cl)c3)N(c3ccccc3)O[C@H]2C(=O)N1c1ccc(F)cc1. The highest BCUT2D eigenvalue weighted by Gasteiger charge is 2.60. The van der Waals surface area contributed by atoms with Crippen molar-refractivity contribution in [2.24, 2.45) is 5.92 Å². The second kappa shape index (κ2) is 7.23. The van der Waals surface area contributed by atoms with Gasteiger partial charge in [-0.25, -0.2) is 14.4 Å².